The Labute approximate surface area is 147 Å². The van der Waals surface area contributed by atoms with E-state index in [9.17, 15) is 0 Å². The lowest BCUT2D eigenvalue weighted by molar-refractivity contribution is 0.600. The molecule has 0 aromatic rings. The smallest absolute Gasteiger partial charge is 0.0171 e. The SMILES string of the molecule is CC1=CP(=S)(C(C)(C)C)[C@H]2[C@@H]1[C@H]1C(C)=C[C@@H]2P1(=S)C(C)(C)C. The number of hydrogen-bond acceptors (Lipinski definition) is 2. The highest BCUT2D eigenvalue weighted by atomic mass is 32.4. The number of fused-ring (bicyclic) bond motifs is 5. The van der Waals surface area contributed by atoms with Crippen LogP contribution in [0.1, 0.15) is 55.4 Å². The Morgan fingerprint density at radius 3 is 1.91 bits per heavy atom. The molecule has 0 saturated carbocycles. The maximum absolute atomic E-state index is 6.53. The zero-order valence-corrected chi connectivity index (χ0v) is 18.6. The third kappa shape index (κ3) is 1.88. The lowest BCUT2D eigenvalue weighted by Gasteiger charge is -2.41. The van der Waals surface area contributed by atoms with Gasteiger partial charge in [0.2, 0.25) is 0 Å². The van der Waals surface area contributed by atoms with E-state index in [0.29, 0.717) is 22.9 Å². The summed E-state index contributed by atoms with van der Waals surface area (Å²) in [7, 11) is 0. The minimum absolute atomic E-state index is 0.216. The minimum Gasteiger partial charge on any atom is -0.0957 e. The van der Waals surface area contributed by atoms with E-state index in [4.69, 9.17) is 23.6 Å². The van der Waals surface area contributed by atoms with Crippen LogP contribution in [-0.2, 0) is 23.6 Å². The van der Waals surface area contributed by atoms with Crippen molar-refractivity contribution in [1.82, 2.24) is 0 Å². The van der Waals surface area contributed by atoms with Crippen molar-refractivity contribution >= 4 is 35.7 Å². The number of rotatable bonds is 0. The molecule has 4 heteroatoms. The van der Waals surface area contributed by atoms with Gasteiger partial charge in [0.15, 0.2) is 0 Å². The highest BCUT2D eigenvalue weighted by Gasteiger charge is 2.67. The van der Waals surface area contributed by atoms with E-state index < -0.39 is 12.1 Å². The topological polar surface area (TPSA) is 0 Å². The summed E-state index contributed by atoms with van der Waals surface area (Å²) in [5.74, 6) is 3.20. The van der Waals surface area contributed by atoms with Crippen LogP contribution in [0, 0.1) is 5.92 Å². The Balaban J connectivity index is 2.24. The van der Waals surface area contributed by atoms with Gasteiger partial charge in [-0.1, -0.05) is 88.2 Å². The van der Waals surface area contributed by atoms with Crippen LogP contribution in [0.2, 0.25) is 0 Å². The van der Waals surface area contributed by atoms with E-state index in [1.54, 1.807) is 11.1 Å². The van der Waals surface area contributed by atoms with Crippen molar-refractivity contribution in [3.8, 4) is 0 Å². The first-order valence-electron chi connectivity index (χ1n) is 8.33. The average Bonchev–Trinajstić information content (AvgIpc) is 2.83. The monoisotopic (exact) mass is 372 g/mol. The zero-order valence-electron chi connectivity index (χ0n) is 15.2. The van der Waals surface area contributed by atoms with Crippen molar-refractivity contribution < 1.29 is 0 Å². The fourth-order valence-corrected chi connectivity index (χ4v) is 18.3. The molecule has 2 bridgehead atoms. The molecule has 3 aliphatic rings. The summed E-state index contributed by atoms with van der Waals surface area (Å²) < 4.78 is 0. The predicted molar refractivity (Wildman–Crippen MR) is 110 cm³/mol. The first-order chi connectivity index (χ1) is 9.77. The highest BCUT2D eigenvalue weighted by molar-refractivity contribution is 8.19. The molecular weight excluding hydrogens is 342 g/mol. The molecule has 1 saturated heterocycles. The first-order valence-corrected chi connectivity index (χ1v) is 14.2. The fraction of sp³-hybridized carbons (Fsp3) is 0.778. The van der Waals surface area contributed by atoms with Crippen molar-refractivity contribution in [3.05, 3.63) is 23.0 Å². The summed E-state index contributed by atoms with van der Waals surface area (Å²) in [4.78, 5) is 0. The number of hydrogen-bond donors (Lipinski definition) is 0. The second-order valence-electron chi connectivity index (χ2n) is 9.50. The van der Waals surface area contributed by atoms with Gasteiger partial charge in [-0.3, -0.25) is 0 Å². The molecule has 124 valence electrons. The highest BCUT2D eigenvalue weighted by Crippen LogP contribution is 2.87. The second-order valence-corrected chi connectivity index (χ2v) is 20.6. The maximum Gasteiger partial charge on any atom is 0.0171 e. The Bertz CT molecular complexity index is 685. The predicted octanol–water partition coefficient (Wildman–Crippen LogP) is 6.16. The average molecular weight is 373 g/mol. The Morgan fingerprint density at radius 1 is 0.909 bits per heavy atom. The Kier molecular flexibility index (Phi) is 3.75. The van der Waals surface area contributed by atoms with Gasteiger partial charge in [0.1, 0.15) is 0 Å². The van der Waals surface area contributed by atoms with E-state index in [-0.39, 0.29) is 10.3 Å². The van der Waals surface area contributed by atoms with Gasteiger partial charge in [0, 0.05) is 17.0 Å². The molecule has 0 spiro atoms. The molecule has 3 rings (SSSR count). The van der Waals surface area contributed by atoms with Crippen molar-refractivity contribution in [2.45, 2.75) is 82.7 Å². The van der Waals surface area contributed by atoms with Gasteiger partial charge in [-0.25, -0.2) is 0 Å². The van der Waals surface area contributed by atoms with Crippen LogP contribution in [0.3, 0.4) is 0 Å². The molecule has 0 aliphatic carbocycles. The second kappa shape index (κ2) is 4.69. The van der Waals surface area contributed by atoms with Gasteiger partial charge in [-0.05, 0) is 42.2 Å². The van der Waals surface area contributed by atoms with E-state index in [2.05, 4.69) is 67.3 Å². The Morgan fingerprint density at radius 2 is 1.45 bits per heavy atom. The maximum atomic E-state index is 6.53. The summed E-state index contributed by atoms with van der Waals surface area (Å²) >= 11 is 12.9. The third-order valence-corrected chi connectivity index (χ3v) is 21.7. The summed E-state index contributed by atoms with van der Waals surface area (Å²) in [5, 5.41) is 0.460. The Hall–Kier alpha value is 0.780. The van der Waals surface area contributed by atoms with E-state index in [0.717, 1.165) is 0 Å². The van der Waals surface area contributed by atoms with Crippen LogP contribution < -0.4 is 0 Å². The van der Waals surface area contributed by atoms with Crippen LogP contribution in [0.4, 0.5) is 0 Å². The summed E-state index contributed by atoms with van der Waals surface area (Å²) in [6.07, 6.45) is 2.57. The van der Waals surface area contributed by atoms with Crippen LogP contribution in [0.15, 0.2) is 23.0 Å². The van der Waals surface area contributed by atoms with Gasteiger partial charge in [0.25, 0.3) is 0 Å². The molecule has 6 atom stereocenters. The molecular formula is C18H30P2S2. The molecule has 0 amide bonds. The van der Waals surface area contributed by atoms with Crippen LogP contribution in [-0.4, -0.2) is 27.3 Å². The van der Waals surface area contributed by atoms with Crippen LogP contribution in [0.5, 0.6) is 0 Å². The molecule has 0 nitrogen and oxygen atoms in total. The summed E-state index contributed by atoms with van der Waals surface area (Å²) in [6, 6.07) is -3.03. The summed E-state index contributed by atoms with van der Waals surface area (Å²) in [5.41, 5.74) is 5.02. The van der Waals surface area contributed by atoms with Gasteiger partial charge >= 0.3 is 0 Å². The van der Waals surface area contributed by atoms with Crippen LogP contribution in [0.25, 0.3) is 0 Å². The minimum atomic E-state index is -1.54. The standard InChI is InChI=1S/C18H30P2S2/c1-11-9-13-16-14(15(11)20(13,22)18(6,7)8)12(2)10-19(16,21)17(3,4)5/h9-10,13-16H,1-8H3/t13-,14-,15+,16+,19?,20?/m0/s1. The van der Waals surface area contributed by atoms with E-state index >= 15 is 0 Å². The van der Waals surface area contributed by atoms with Crippen molar-refractivity contribution in [1.29, 1.82) is 0 Å². The van der Waals surface area contributed by atoms with Crippen LogP contribution >= 0.6 is 12.1 Å². The van der Waals surface area contributed by atoms with Crippen molar-refractivity contribution in [3.63, 3.8) is 0 Å². The van der Waals surface area contributed by atoms with E-state index in [1.165, 1.54) is 0 Å². The molecule has 0 radical (unpaired) electrons. The van der Waals surface area contributed by atoms with Gasteiger partial charge < -0.3 is 0 Å². The molecule has 1 fully saturated rings. The molecule has 3 aliphatic heterocycles. The summed E-state index contributed by atoms with van der Waals surface area (Å²) in [6.45, 7) is 18.9. The largest absolute Gasteiger partial charge is 0.0957 e. The quantitative estimate of drug-likeness (QED) is 0.369. The molecule has 3 heterocycles. The van der Waals surface area contributed by atoms with Crippen molar-refractivity contribution in [2.24, 2.45) is 5.92 Å². The lowest BCUT2D eigenvalue weighted by Crippen LogP contribution is -2.32. The van der Waals surface area contributed by atoms with Gasteiger partial charge in [-0.15, -0.1) is 0 Å². The fourth-order valence-electron chi connectivity index (χ4n) is 5.18. The molecule has 0 N–H and O–H groups in total. The van der Waals surface area contributed by atoms with Gasteiger partial charge in [0.05, 0.1) is 0 Å². The normalized spacial score (nSPS) is 47.5. The lowest BCUT2D eigenvalue weighted by atomic mass is 9.85. The number of allylic oxidation sites excluding steroid dienone is 3. The van der Waals surface area contributed by atoms with Gasteiger partial charge in [-0.2, -0.15) is 0 Å². The molecule has 2 unspecified atom stereocenters. The molecule has 0 aromatic heterocycles. The molecule has 22 heavy (non-hydrogen) atoms. The third-order valence-electron chi connectivity index (χ3n) is 6.28. The zero-order chi connectivity index (χ0) is 16.9. The van der Waals surface area contributed by atoms with E-state index in [1.807, 2.05) is 0 Å². The van der Waals surface area contributed by atoms with Crippen molar-refractivity contribution in [2.75, 3.05) is 0 Å². The molecule has 0 aromatic carbocycles. The first kappa shape index (κ1) is 17.6.